The fourth-order valence-electron chi connectivity index (χ4n) is 2.77. The molecule has 0 aliphatic carbocycles. The van der Waals surface area contributed by atoms with Gasteiger partial charge in [-0.1, -0.05) is 48.5 Å². The first-order valence-electron chi connectivity index (χ1n) is 7.72. The van der Waals surface area contributed by atoms with Crippen molar-refractivity contribution < 1.29 is 13.2 Å². The Morgan fingerprint density at radius 2 is 1.52 bits per heavy atom. The molecule has 124 valence electrons. The lowest BCUT2D eigenvalue weighted by Gasteiger charge is -2.22. The Bertz CT molecular complexity index is 606. The maximum Gasteiger partial charge on any atom is 0.416 e. The zero-order valence-electron chi connectivity index (χ0n) is 13.5. The van der Waals surface area contributed by atoms with Crippen molar-refractivity contribution in [2.24, 2.45) is 0 Å². The van der Waals surface area contributed by atoms with Crippen molar-refractivity contribution in [2.45, 2.75) is 24.9 Å². The smallest absolute Gasteiger partial charge is 0.309 e. The van der Waals surface area contributed by atoms with Crippen LogP contribution in [0.15, 0.2) is 54.6 Å². The first-order valence-corrected chi connectivity index (χ1v) is 7.72. The van der Waals surface area contributed by atoms with Gasteiger partial charge in [0.25, 0.3) is 0 Å². The number of benzene rings is 2. The Kier molecular flexibility index (Phi) is 5.83. The molecular weight excluding hydrogens is 299 g/mol. The Morgan fingerprint density at radius 3 is 2.13 bits per heavy atom. The van der Waals surface area contributed by atoms with Gasteiger partial charge in [0, 0.05) is 0 Å². The average molecular weight is 321 g/mol. The van der Waals surface area contributed by atoms with E-state index in [0.717, 1.165) is 18.5 Å². The lowest BCUT2D eigenvalue weighted by molar-refractivity contribution is -0.138. The van der Waals surface area contributed by atoms with Crippen LogP contribution in [0.3, 0.4) is 0 Å². The fraction of sp³-hybridized carbons (Fsp3) is 0.368. The van der Waals surface area contributed by atoms with Crippen LogP contribution in [0, 0.1) is 0 Å². The molecule has 0 saturated carbocycles. The van der Waals surface area contributed by atoms with E-state index in [4.69, 9.17) is 0 Å². The minimum absolute atomic E-state index is 0.0714. The summed E-state index contributed by atoms with van der Waals surface area (Å²) in [6, 6.07) is 15.7. The molecule has 0 aliphatic heterocycles. The molecule has 1 nitrogen and oxygen atoms in total. The molecule has 0 saturated heterocycles. The molecule has 0 fully saturated rings. The molecule has 23 heavy (non-hydrogen) atoms. The van der Waals surface area contributed by atoms with E-state index in [1.165, 1.54) is 12.1 Å². The van der Waals surface area contributed by atoms with Gasteiger partial charge >= 0.3 is 6.18 Å². The van der Waals surface area contributed by atoms with Crippen molar-refractivity contribution >= 4 is 0 Å². The highest BCUT2D eigenvalue weighted by Gasteiger charge is 2.33. The summed E-state index contributed by atoms with van der Waals surface area (Å²) < 4.78 is 39.6. The van der Waals surface area contributed by atoms with Gasteiger partial charge in [-0.05, 0) is 56.6 Å². The normalized spacial score (nSPS) is 13.3. The number of hydrogen-bond acceptors (Lipinski definition) is 1. The molecule has 0 N–H and O–H groups in total. The third kappa shape index (κ3) is 5.10. The van der Waals surface area contributed by atoms with E-state index in [1.54, 1.807) is 12.1 Å². The van der Waals surface area contributed by atoms with E-state index in [2.05, 4.69) is 4.90 Å². The monoisotopic (exact) mass is 321 g/mol. The van der Waals surface area contributed by atoms with Crippen LogP contribution >= 0.6 is 0 Å². The van der Waals surface area contributed by atoms with Crippen LogP contribution in [0.2, 0.25) is 0 Å². The fourth-order valence-corrected chi connectivity index (χ4v) is 2.77. The Labute approximate surface area is 135 Å². The summed E-state index contributed by atoms with van der Waals surface area (Å²) in [4.78, 5) is 2.06. The van der Waals surface area contributed by atoms with Crippen LogP contribution in [-0.2, 0) is 12.6 Å². The van der Waals surface area contributed by atoms with Gasteiger partial charge in [-0.15, -0.1) is 0 Å². The third-order valence-electron chi connectivity index (χ3n) is 3.98. The molecule has 2 aromatic rings. The number of nitrogens with zero attached hydrogens (tertiary/aromatic N) is 1. The zero-order chi connectivity index (χ0) is 16.9. The first kappa shape index (κ1) is 17.5. The molecule has 0 spiro atoms. The first-order chi connectivity index (χ1) is 10.9. The Hall–Kier alpha value is -1.81. The second-order valence-corrected chi connectivity index (χ2v) is 6.06. The minimum Gasteiger partial charge on any atom is -0.309 e. The molecule has 0 amide bonds. The van der Waals surface area contributed by atoms with Crippen LogP contribution in [0.25, 0.3) is 0 Å². The number of halogens is 3. The van der Waals surface area contributed by atoms with Crippen molar-refractivity contribution in [2.75, 3.05) is 20.6 Å². The molecule has 1 unspecified atom stereocenters. The van der Waals surface area contributed by atoms with Crippen molar-refractivity contribution in [1.82, 2.24) is 4.90 Å². The molecule has 0 bridgehead atoms. The SMILES string of the molecule is CN(C)CCC(Cc1ccccc1C(F)(F)F)c1ccccc1. The average Bonchev–Trinajstić information content (AvgIpc) is 2.51. The van der Waals surface area contributed by atoms with Crippen LogP contribution in [0.4, 0.5) is 13.2 Å². The van der Waals surface area contributed by atoms with Crippen LogP contribution in [0.5, 0.6) is 0 Å². The van der Waals surface area contributed by atoms with E-state index in [0.29, 0.717) is 12.0 Å². The van der Waals surface area contributed by atoms with Crippen LogP contribution < -0.4 is 0 Å². The number of alkyl halides is 3. The van der Waals surface area contributed by atoms with Crippen molar-refractivity contribution in [3.8, 4) is 0 Å². The second-order valence-electron chi connectivity index (χ2n) is 6.06. The van der Waals surface area contributed by atoms with Crippen molar-refractivity contribution in [1.29, 1.82) is 0 Å². The standard InChI is InChI=1S/C19H22F3N/c1-23(2)13-12-16(15-8-4-3-5-9-15)14-17-10-6-7-11-18(17)19(20,21)22/h3-11,16H,12-14H2,1-2H3. The van der Waals surface area contributed by atoms with Crippen molar-refractivity contribution in [3.63, 3.8) is 0 Å². The summed E-state index contributed by atoms with van der Waals surface area (Å²) in [5.41, 5.74) is 0.935. The second kappa shape index (κ2) is 7.64. The molecule has 2 aromatic carbocycles. The van der Waals surface area contributed by atoms with Gasteiger partial charge in [-0.3, -0.25) is 0 Å². The largest absolute Gasteiger partial charge is 0.416 e. The summed E-state index contributed by atoms with van der Waals surface area (Å²) in [6.45, 7) is 0.841. The van der Waals surface area contributed by atoms with E-state index in [-0.39, 0.29) is 5.92 Å². The highest BCUT2D eigenvalue weighted by Crippen LogP contribution is 2.35. The summed E-state index contributed by atoms with van der Waals surface area (Å²) in [5, 5.41) is 0. The maximum absolute atomic E-state index is 13.2. The Morgan fingerprint density at radius 1 is 0.913 bits per heavy atom. The molecular formula is C19H22F3N. The molecule has 0 aromatic heterocycles. The number of rotatable bonds is 6. The van der Waals surface area contributed by atoms with E-state index in [1.807, 2.05) is 44.4 Å². The quantitative estimate of drug-likeness (QED) is 0.725. The number of hydrogen-bond donors (Lipinski definition) is 0. The van der Waals surface area contributed by atoms with Gasteiger partial charge in [0.15, 0.2) is 0 Å². The molecule has 1 atom stereocenters. The van der Waals surface area contributed by atoms with E-state index < -0.39 is 11.7 Å². The topological polar surface area (TPSA) is 3.24 Å². The lowest BCUT2D eigenvalue weighted by atomic mass is 9.87. The third-order valence-corrected chi connectivity index (χ3v) is 3.98. The molecule has 4 heteroatoms. The van der Waals surface area contributed by atoms with Crippen LogP contribution in [0.1, 0.15) is 29.0 Å². The van der Waals surface area contributed by atoms with Crippen molar-refractivity contribution in [3.05, 3.63) is 71.3 Å². The minimum atomic E-state index is -4.31. The molecule has 2 rings (SSSR count). The Balaban J connectivity index is 2.28. The van der Waals surface area contributed by atoms with Gasteiger partial charge in [0.2, 0.25) is 0 Å². The maximum atomic E-state index is 13.2. The predicted octanol–water partition coefficient (Wildman–Crippen LogP) is 4.98. The van der Waals surface area contributed by atoms with E-state index >= 15 is 0 Å². The molecule has 0 aliphatic rings. The zero-order valence-corrected chi connectivity index (χ0v) is 13.5. The summed E-state index contributed by atoms with van der Waals surface area (Å²) in [5.74, 6) is 0.0714. The highest BCUT2D eigenvalue weighted by molar-refractivity contribution is 5.32. The molecule has 0 heterocycles. The lowest BCUT2D eigenvalue weighted by Crippen LogP contribution is -2.18. The van der Waals surface area contributed by atoms with E-state index in [9.17, 15) is 13.2 Å². The molecule has 0 radical (unpaired) electrons. The predicted molar refractivity (Wildman–Crippen MR) is 87.5 cm³/mol. The van der Waals surface area contributed by atoms with Gasteiger partial charge in [-0.25, -0.2) is 0 Å². The highest BCUT2D eigenvalue weighted by atomic mass is 19.4. The summed E-state index contributed by atoms with van der Waals surface area (Å²) >= 11 is 0. The summed E-state index contributed by atoms with van der Waals surface area (Å²) in [7, 11) is 3.96. The van der Waals surface area contributed by atoms with Gasteiger partial charge < -0.3 is 4.90 Å². The van der Waals surface area contributed by atoms with Gasteiger partial charge in [0.05, 0.1) is 5.56 Å². The summed E-state index contributed by atoms with van der Waals surface area (Å²) in [6.07, 6.45) is -3.09. The van der Waals surface area contributed by atoms with Gasteiger partial charge in [0.1, 0.15) is 0 Å². The van der Waals surface area contributed by atoms with Crippen LogP contribution in [-0.4, -0.2) is 25.5 Å². The van der Waals surface area contributed by atoms with Gasteiger partial charge in [-0.2, -0.15) is 13.2 Å².